The largest absolute Gasteiger partial charge is 0.205 e. The van der Waals surface area contributed by atoms with Gasteiger partial charge in [0.1, 0.15) is 5.82 Å². The first-order chi connectivity index (χ1) is 7.50. The summed E-state index contributed by atoms with van der Waals surface area (Å²) in [6.07, 6.45) is 3.18. The highest BCUT2D eigenvalue weighted by atomic mass is 79.9. The third-order valence-electron chi connectivity index (χ3n) is 2.65. The Labute approximate surface area is 110 Å². The minimum absolute atomic E-state index is 0.219. The maximum atomic E-state index is 12.9. The maximum Gasteiger partial charge on any atom is 0.141 e. The normalized spacial score (nSPS) is 13.1. The number of hydrogen-bond acceptors (Lipinski definition) is 0. The molecule has 0 bridgehead atoms. The minimum Gasteiger partial charge on any atom is -0.205 e. The Morgan fingerprint density at radius 2 is 2.06 bits per heavy atom. The van der Waals surface area contributed by atoms with E-state index in [9.17, 15) is 4.39 Å². The first-order valence-corrected chi connectivity index (χ1v) is 6.88. The predicted molar refractivity (Wildman–Crippen MR) is 71.9 cm³/mol. The Hall–Kier alpha value is -0.0800. The van der Waals surface area contributed by atoms with Gasteiger partial charge in [-0.15, -0.1) is 0 Å². The Morgan fingerprint density at radius 3 is 2.62 bits per heavy atom. The van der Waals surface area contributed by atoms with Gasteiger partial charge in [0.25, 0.3) is 0 Å². The molecule has 0 saturated heterocycles. The van der Waals surface area contributed by atoms with Gasteiger partial charge in [-0.2, -0.15) is 0 Å². The molecule has 0 aliphatic heterocycles. The maximum absolute atomic E-state index is 12.9. The molecule has 0 aromatic heterocycles. The predicted octanol–water partition coefficient (Wildman–Crippen LogP) is 5.22. The van der Waals surface area contributed by atoms with E-state index in [0.717, 1.165) is 24.8 Å². The molecule has 1 rings (SSSR count). The monoisotopic (exact) mass is 306 g/mol. The standard InChI is InChI=1S/C13H17BrClF/c1-9(2)11(14)5-3-4-10-6-7-13(16)12(15)8-10/h6-9,11H,3-5H2,1-2H3. The van der Waals surface area contributed by atoms with Crippen molar-refractivity contribution < 1.29 is 4.39 Å². The fourth-order valence-electron chi connectivity index (χ4n) is 1.53. The van der Waals surface area contributed by atoms with Gasteiger partial charge in [0.2, 0.25) is 0 Å². The second-order valence-electron chi connectivity index (χ2n) is 4.40. The molecule has 0 saturated carbocycles. The van der Waals surface area contributed by atoms with Crippen molar-refractivity contribution in [1.82, 2.24) is 0 Å². The second kappa shape index (κ2) is 6.61. The van der Waals surface area contributed by atoms with Crippen molar-refractivity contribution in [1.29, 1.82) is 0 Å². The van der Waals surface area contributed by atoms with E-state index in [0.29, 0.717) is 10.7 Å². The Bertz CT molecular complexity index is 339. The van der Waals surface area contributed by atoms with E-state index in [1.54, 1.807) is 12.1 Å². The van der Waals surface area contributed by atoms with Crippen molar-refractivity contribution in [3.05, 3.63) is 34.6 Å². The molecule has 0 aliphatic carbocycles. The first-order valence-electron chi connectivity index (χ1n) is 5.58. The molecular formula is C13H17BrClF. The third kappa shape index (κ3) is 4.42. The van der Waals surface area contributed by atoms with Crippen molar-refractivity contribution >= 4 is 27.5 Å². The van der Waals surface area contributed by atoms with Crippen molar-refractivity contribution in [3.8, 4) is 0 Å². The molecule has 0 nitrogen and oxygen atoms in total. The summed E-state index contributed by atoms with van der Waals surface area (Å²) in [5, 5.41) is 0.219. The van der Waals surface area contributed by atoms with Crippen LogP contribution in [0.5, 0.6) is 0 Å². The average Bonchev–Trinajstić information content (AvgIpc) is 2.23. The number of aryl methyl sites for hydroxylation is 1. The number of alkyl halides is 1. The van der Waals surface area contributed by atoms with Gasteiger partial charge < -0.3 is 0 Å². The SMILES string of the molecule is CC(C)C(Br)CCCc1ccc(F)c(Cl)c1. The van der Waals surface area contributed by atoms with Crippen LogP contribution in [0.3, 0.4) is 0 Å². The van der Waals surface area contributed by atoms with E-state index in [2.05, 4.69) is 29.8 Å². The minimum atomic E-state index is -0.342. The quantitative estimate of drug-likeness (QED) is 0.654. The lowest BCUT2D eigenvalue weighted by molar-refractivity contribution is 0.562. The summed E-state index contributed by atoms with van der Waals surface area (Å²) in [6, 6.07) is 4.96. The molecule has 0 aliphatic rings. The van der Waals surface area contributed by atoms with Crippen LogP contribution < -0.4 is 0 Å². The molecular weight excluding hydrogens is 290 g/mol. The molecule has 0 fully saturated rings. The van der Waals surface area contributed by atoms with Crippen molar-refractivity contribution in [2.45, 2.75) is 37.9 Å². The van der Waals surface area contributed by atoms with Crippen molar-refractivity contribution in [2.75, 3.05) is 0 Å². The molecule has 1 aromatic carbocycles. The van der Waals surface area contributed by atoms with E-state index in [1.807, 2.05) is 0 Å². The lowest BCUT2D eigenvalue weighted by Crippen LogP contribution is -2.07. The van der Waals surface area contributed by atoms with Crippen LogP contribution in [0.2, 0.25) is 5.02 Å². The van der Waals surface area contributed by atoms with Crippen LogP contribution in [0.1, 0.15) is 32.3 Å². The summed E-state index contributed by atoms with van der Waals surface area (Å²) in [5.74, 6) is 0.308. The molecule has 1 aromatic rings. The fraction of sp³-hybridized carbons (Fsp3) is 0.538. The molecule has 0 amide bonds. The molecule has 90 valence electrons. The summed E-state index contributed by atoms with van der Waals surface area (Å²) in [5.41, 5.74) is 1.11. The first kappa shape index (κ1) is 14.0. The van der Waals surface area contributed by atoms with E-state index >= 15 is 0 Å². The third-order valence-corrected chi connectivity index (χ3v) is 4.46. The Kier molecular flexibility index (Phi) is 5.77. The zero-order chi connectivity index (χ0) is 12.1. The molecule has 16 heavy (non-hydrogen) atoms. The highest BCUT2D eigenvalue weighted by Crippen LogP contribution is 2.21. The molecule has 0 heterocycles. The van der Waals surface area contributed by atoms with Gasteiger partial charge >= 0.3 is 0 Å². The highest BCUT2D eigenvalue weighted by Gasteiger charge is 2.08. The fourth-order valence-corrected chi connectivity index (χ4v) is 2.06. The van der Waals surface area contributed by atoms with Gasteiger partial charge in [-0.3, -0.25) is 0 Å². The van der Waals surface area contributed by atoms with E-state index < -0.39 is 0 Å². The van der Waals surface area contributed by atoms with Gasteiger partial charge in [-0.05, 0) is 42.9 Å². The smallest absolute Gasteiger partial charge is 0.141 e. The van der Waals surface area contributed by atoms with Crippen LogP contribution in [0.25, 0.3) is 0 Å². The number of rotatable bonds is 5. The lowest BCUT2D eigenvalue weighted by atomic mass is 10.0. The number of hydrogen-bond donors (Lipinski definition) is 0. The molecule has 1 unspecified atom stereocenters. The van der Waals surface area contributed by atoms with Crippen LogP contribution in [0.15, 0.2) is 18.2 Å². The molecule has 0 N–H and O–H groups in total. The van der Waals surface area contributed by atoms with E-state index in [-0.39, 0.29) is 10.8 Å². The van der Waals surface area contributed by atoms with Gasteiger partial charge in [0.15, 0.2) is 0 Å². The van der Waals surface area contributed by atoms with Crippen molar-refractivity contribution in [3.63, 3.8) is 0 Å². The van der Waals surface area contributed by atoms with Crippen LogP contribution >= 0.6 is 27.5 Å². The Morgan fingerprint density at radius 1 is 1.38 bits per heavy atom. The van der Waals surface area contributed by atoms with Crippen LogP contribution in [-0.2, 0) is 6.42 Å². The van der Waals surface area contributed by atoms with Gasteiger partial charge in [-0.25, -0.2) is 4.39 Å². The topological polar surface area (TPSA) is 0 Å². The summed E-state index contributed by atoms with van der Waals surface area (Å²) >= 11 is 9.38. The average molecular weight is 308 g/mol. The van der Waals surface area contributed by atoms with Crippen LogP contribution in [0.4, 0.5) is 4.39 Å². The van der Waals surface area contributed by atoms with Crippen LogP contribution in [0, 0.1) is 11.7 Å². The highest BCUT2D eigenvalue weighted by molar-refractivity contribution is 9.09. The summed E-state index contributed by atoms with van der Waals surface area (Å²) in [4.78, 5) is 0.559. The number of benzene rings is 1. The summed E-state index contributed by atoms with van der Waals surface area (Å²) < 4.78 is 12.9. The molecule has 0 spiro atoms. The van der Waals surface area contributed by atoms with Crippen LogP contribution in [-0.4, -0.2) is 4.83 Å². The zero-order valence-corrected chi connectivity index (χ0v) is 12.0. The molecule has 0 radical (unpaired) electrons. The summed E-state index contributed by atoms with van der Waals surface area (Å²) in [7, 11) is 0. The van der Waals surface area contributed by atoms with E-state index in [4.69, 9.17) is 11.6 Å². The number of halogens is 3. The van der Waals surface area contributed by atoms with Gasteiger partial charge in [0.05, 0.1) is 5.02 Å². The van der Waals surface area contributed by atoms with Gasteiger partial charge in [0, 0.05) is 4.83 Å². The second-order valence-corrected chi connectivity index (χ2v) is 5.98. The van der Waals surface area contributed by atoms with E-state index in [1.165, 1.54) is 6.07 Å². The summed E-state index contributed by atoms with van der Waals surface area (Å²) in [6.45, 7) is 4.41. The zero-order valence-electron chi connectivity index (χ0n) is 9.64. The Balaban J connectivity index is 2.40. The van der Waals surface area contributed by atoms with Gasteiger partial charge in [-0.1, -0.05) is 47.4 Å². The van der Waals surface area contributed by atoms with Crippen molar-refractivity contribution in [2.24, 2.45) is 5.92 Å². The molecule has 1 atom stereocenters. The molecule has 3 heteroatoms. The lowest BCUT2D eigenvalue weighted by Gasteiger charge is -2.13.